The Labute approximate surface area is 131 Å². The highest BCUT2D eigenvalue weighted by Gasteiger charge is 2.15. The zero-order valence-corrected chi connectivity index (χ0v) is 12.1. The van der Waals surface area contributed by atoms with Crippen molar-refractivity contribution in [2.24, 2.45) is 0 Å². The number of pyridine rings is 2. The van der Waals surface area contributed by atoms with E-state index in [0.29, 0.717) is 16.5 Å². The van der Waals surface area contributed by atoms with Crippen LogP contribution in [0.2, 0.25) is 0 Å². The van der Waals surface area contributed by atoms with Crippen molar-refractivity contribution in [3.8, 4) is 0 Å². The first kappa shape index (κ1) is 15.1. The van der Waals surface area contributed by atoms with Gasteiger partial charge in [-0.1, -0.05) is 6.07 Å². The first-order valence-corrected chi connectivity index (χ1v) is 7.05. The third-order valence-corrected chi connectivity index (χ3v) is 3.46. The lowest BCUT2D eigenvalue weighted by Crippen LogP contribution is -2.28. The van der Waals surface area contributed by atoms with Crippen LogP contribution in [0.4, 0.5) is 4.39 Å². The molecule has 5 nitrogen and oxygen atoms in total. The highest BCUT2D eigenvalue weighted by atomic mass is 19.1. The van der Waals surface area contributed by atoms with Gasteiger partial charge in [0.25, 0.3) is 5.91 Å². The largest absolute Gasteiger partial charge is 0.387 e. The van der Waals surface area contributed by atoms with Crippen LogP contribution >= 0.6 is 0 Å². The fraction of sp³-hybridized carbons (Fsp3) is 0.118. The molecule has 0 spiro atoms. The van der Waals surface area contributed by atoms with Gasteiger partial charge in [-0.2, -0.15) is 0 Å². The number of aliphatic hydroxyl groups is 1. The number of benzene rings is 1. The number of aromatic nitrogens is 2. The third kappa shape index (κ3) is 3.32. The predicted octanol–water partition coefficient (Wildman–Crippen LogP) is 2.23. The Morgan fingerprint density at radius 3 is 2.78 bits per heavy atom. The highest BCUT2D eigenvalue weighted by Crippen LogP contribution is 2.18. The predicted molar refractivity (Wildman–Crippen MR) is 83.2 cm³/mol. The van der Waals surface area contributed by atoms with Gasteiger partial charge in [0.2, 0.25) is 0 Å². The number of carbonyl (C=O) groups is 1. The number of rotatable bonds is 4. The van der Waals surface area contributed by atoms with E-state index in [1.165, 1.54) is 6.07 Å². The second kappa shape index (κ2) is 6.50. The van der Waals surface area contributed by atoms with Crippen molar-refractivity contribution >= 4 is 16.8 Å². The molecule has 1 aromatic carbocycles. The standard InChI is InChI=1S/C17H14FN3O2/c18-13-8-12-2-1-5-20-16(12)14(9-13)17(23)21-10-15(22)11-3-6-19-7-4-11/h1-9,15,22H,10H2,(H,21,23). The lowest BCUT2D eigenvalue weighted by atomic mass is 10.1. The molecule has 0 saturated heterocycles. The average molecular weight is 311 g/mol. The van der Waals surface area contributed by atoms with Crippen LogP contribution in [0.15, 0.2) is 55.0 Å². The maximum atomic E-state index is 13.7. The van der Waals surface area contributed by atoms with Crippen LogP contribution in [0.1, 0.15) is 22.0 Å². The number of nitrogens with one attached hydrogen (secondary N) is 1. The summed E-state index contributed by atoms with van der Waals surface area (Å²) in [6.45, 7) is 0.00763. The molecule has 6 heteroatoms. The molecule has 0 aliphatic carbocycles. The van der Waals surface area contributed by atoms with Crippen LogP contribution in [0.25, 0.3) is 10.9 Å². The molecule has 0 fully saturated rings. The molecular weight excluding hydrogens is 297 g/mol. The second-order valence-corrected chi connectivity index (χ2v) is 5.03. The average Bonchev–Trinajstić information content (AvgIpc) is 2.59. The van der Waals surface area contributed by atoms with Gasteiger partial charge in [-0.3, -0.25) is 14.8 Å². The maximum Gasteiger partial charge on any atom is 0.253 e. The van der Waals surface area contributed by atoms with E-state index >= 15 is 0 Å². The molecule has 2 heterocycles. The summed E-state index contributed by atoms with van der Waals surface area (Å²) in [5.41, 5.74) is 1.20. The van der Waals surface area contributed by atoms with Crippen LogP contribution < -0.4 is 5.32 Å². The molecule has 1 unspecified atom stereocenters. The summed E-state index contributed by atoms with van der Waals surface area (Å²) in [4.78, 5) is 20.3. The number of hydrogen-bond acceptors (Lipinski definition) is 4. The molecule has 3 aromatic rings. The van der Waals surface area contributed by atoms with Crippen molar-refractivity contribution in [1.29, 1.82) is 0 Å². The Morgan fingerprint density at radius 2 is 2.00 bits per heavy atom. The van der Waals surface area contributed by atoms with Gasteiger partial charge in [0.15, 0.2) is 0 Å². The second-order valence-electron chi connectivity index (χ2n) is 5.03. The Kier molecular flexibility index (Phi) is 4.25. The summed E-state index contributed by atoms with van der Waals surface area (Å²) in [6.07, 6.45) is 3.80. The molecule has 2 aromatic heterocycles. The number of aliphatic hydroxyl groups excluding tert-OH is 1. The smallest absolute Gasteiger partial charge is 0.253 e. The molecule has 0 bridgehead atoms. The van der Waals surface area contributed by atoms with Crippen molar-refractivity contribution in [2.45, 2.75) is 6.10 Å². The van der Waals surface area contributed by atoms with Crippen LogP contribution in [0, 0.1) is 5.82 Å². The summed E-state index contributed by atoms with van der Waals surface area (Å²) in [6, 6.07) is 9.16. The zero-order valence-electron chi connectivity index (χ0n) is 12.1. The van der Waals surface area contributed by atoms with E-state index in [9.17, 15) is 14.3 Å². The van der Waals surface area contributed by atoms with Crippen LogP contribution in [0.3, 0.4) is 0 Å². The molecule has 23 heavy (non-hydrogen) atoms. The van der Waals surface area contributed by atoms with Gasteiger partial charge in [-0.15, -0.1) is 0 Å². The monoisotopic (exact) mass is 311 g/mol. The van der Waals surface area contributed by atoms with Gasteiger partial charge in [0.05, 0.1) is 17.2 Å². The number of hydrogen-bond donors (Lipinski definition) is 2. The molecule has 0 saturated carbocycles. The van der Waals surface area contributed by atoms with E-state index in [2.05, 4.69) is 15.3 Å². The number of carbonyl (C=O) groups excluding carboxylic acids is 1. The van der Waals surface area contributed by atoms with E-state index in [1.54, 1.807) is 42.9 Å². The van der Waals surface area contributed by atoms with Crippen molar-refractivity contribution in [2.75, 3.05) is 6.54 Å². The lowest BCUT2D eigenvalue weighted by molar-refractivity contribution is 0.0917. The fourth-order valence-electron chi connectivity index (χ4n) is 2.32. The Hall–Kier alpha value is -2.86. The molecule has 1 amide bonds. The van der Waals surface area contributed by atoms with E-state index in [-0.39, 0.29) is 12.1 Å². The minimum absolute atomic E-state index is 0.00763. The van der Waals surface area contributed by atoms with Crippen LogP contribution in [0.5, 0.6) is 0 Å². The third-order valence-electron chi connectivity index (χ3n) is 3.46. The molecule has 0 aliphatic heterocycles. The first-order valence-electron chi connectivity index (χ1n) is 7.05. The van der Waals surface area contributed by atoms with Crippen molar-refractivity contribution in [3.05, 3.63) is 71.9 Å². The number of amides is 1. The van der Waals surface area contributed by atoms with Gasteiger partial charge >= 0.3 is 0 Å². The van der Waals surface area contributed by atoms with Gasteiger partial charge < -0.3 is 10.4 Å². The van der Waals surface area contributed by atoms with Gasteiger partial charge in [-0.05, 0) is 35.9 Å². The van der Waals surface area contributed by atoms with Gasteiger partial charge in [0.1, 0.15) is 5.82 Å². The number of fused-ring (bicyclic) bond motifs is 1. The van der Waals surface area contributed by atoms with Crippen molar-refractivity contribution < 1.29 is 14.3 Å². The highest BCUT2D eigenvalue weighted by molar-refractivity contribution is 6.05. The van der Waals surface area contributed by atoms with Gasteiger partial charge in [0, 0.05) is 30.5 Å². The van der Waals surface area contributed by atoms with E-state index in [0.717, 1.165) is 6.07 Å². The Morgan fingerprint density at radius 1 is 1.22 bits per heavy atom. The summed E-state index contributed by atoms with van der Waals surface area (Å²) < 4.78 is 13.7. The molecule has 3 rings (SSSR count). The summed E-state index contributed by atoms with van der Waals surface area (Å²) in [5, 5.41) is 13.2. The van der Waals surface area contributed by atoms with Gasteiger partial charge in [-0.25, -0.2) is 4.39 Å². The van der Waals surface area contributed by atoms with Crippen molar-refractivity contribution in [1.82, 2.24) is 15.3 Å². The fourth-order valence-corrected chi connectivity index (χ4v) is 2.32. The summed E-state index contributed by atoms with van der Waals surface area (Å²) in [5.74, 6) is -0.994. The van der Waals surface area contributed by atoms with E-state index in [4.69, 9.17) is 0 Å². The minimum Gasteiger partial charge on any atom is -0.387 e. The molecular formula is C17H14FN3O2. The Balaban J connectivity index is 1.79. The van der Waals surface area contributed by atoms with Crippen molar-refractivity contribution in [3.63, 3.8) is 0 Å². The topological polar surface area (TPSA) is 75.1 Å². The van der Waals surface area contributed by atoms with E-state index in [1.807, 2.05) is 0 Å². The summed E-state index contributed by atoms with van der Waals surface area (Å²) in [7, 11) is 0. The van der Waals surface area contributed by atoms with Crippen LogP contribution in [-0.4, -0.2) is 27.5 Å². The number of halogens is 1. The maximum absolute atomic E-state index is 13.7. The zero-order chi connectivity index (χ0) is 16.2. The first-order chi connectivity index (χ1) is 11.1. The molecule has 116 valence electrons. The molecule has 1 atom stereocenters. The SMILES string of the molecule is O=C(NCC(O)c1ccncc1)c1cc(F)cc2cccnc12. The normalized spacial score (nSPS) is 12.1. The molecule has 0 aliphatic rings. The number of nitrogens with zero attached hydrogens (tertiary/aromatic N) is 2. The minimum atomic E-state index is -0.866. The quantitative estimate of drug-likeness (QED) is 0.775. The van der Waals surface area contributed by atoms with E-state index < -0.39 is 17.8 Å². The summed E-state index contributed by atoms with van der Waals surface area (Å²) >= 11 is 0. The lowest BCUT2D eigenvalue weighted by Gasteiger charge is -2.12. The Bertz CT molecular complexity index is 840. The molecule has 2 N–H and O–H groups in total. The van der Waals surface area contributed by atoms with Crippen LogP contribution in [-0.2, 0) is 0 Å². The molecule has 0 radical (unpaired) electrons.